The van der Waals surface area contributed by atoms with E-state index in [0.29, 0.717) is 11.5 Å². The molecule has 0 radical (unpaired) electrons. The predicted molar refractivity (Wildman–Crippen MR) is 142 cm³/mol. The lowest BCUT2D eigenvalue weighted by atomic mass is 9.97. The van der Waals surface area contributed by atoms with E-state index in [1.807, 2.05) is 13.8 Å². The Morgan fingerprint density at radius 2 is 2.14 bits per heavy atom. The number of amides is 1. The summed E-state index contributed by atoms with van der Waals surface area (Å²) in [6.45, 7) is 6.72. The van der Waals surface area contributed by atoms with Crippen LogP contribution in [0.3, 0.4) is 0 Å². The van der Waals surface area contributed by atoms with Crippen LogP contribution in [0.4, 0.5) is 10.1 Å². The summed E-state index contributed by atoms with van der Waals surface area (Å²) in [5.41, 5.74) is 5.32. The molecule has 2 N–H and O–H groups in total. The number of fused-ring (bicyclic) bond motifs is 1. The number of carbonyl (C=O) groups is 1. The summed E-state index contributed by atoms with van der Waals surface area (Å²) in [5, 5.41) is 7.87. The fraction of sp³-hybridized carbons (Fsp3) is 0.483. The number of hydrogen-bond donors (Lipinski definition) is 2. The minimum absolute atomic E-state index is 0.114. The van der Waals surface area contributed by atoms with Crippen molar-refractivity contribution in [2.24, 2.45) is 0 Å². The quantitative estimate of drug-likeness (QED) is 0.504. The summed E-state index contributed by atoms with van der Waals surface area (Å²) in [6, 6.07) is 6.42. The molecule has 2 atom stereocenters. The third kappa shape index (κ3) is 4.41. The zero-order chi connectivity index (χ0) is 25.7. The molecule has 194 valence electrons. The Morgan fingerprint density at radius 3 is 2.86 bits per heavy atom. The van der Waals surface area contributed by atoms with E-state index in [1.165, 1.54) is 19.6 Å². The highest BCUT2D eigenvalue weighted by Crippen LogP contribution is 2.44. The van der Waals surface area contributed by atoms with Gasteiger partial charge in [0.15, 0.2) is 11.6 Å². The molecule has 3 fully saturated rings. The van der Waals surface area contributed by atoms with Gasteiger partial charge in [0.05, 0.1) is 35.6 Å². The monoisotopic (exact) mass is 503 g/mol. The number of carbonyl (C=O) groups excluding carboxylic acids is 1. The maximum absolute atomic E-state index is 14.0. The Labute approximate surface area is 216 Å². The van der Waals surface area contributed by atoms with Gasteiger partial charge in [-0.2, -0.15) is 0 Å². The first-order valence-electron chi connectivity index (χ1n) is 13.3. The fourth-order valence-electron chi connectivity index (χ4n) is 6.07. The van der Waals surface area contributed by atoms with Gasteiger partial charge < -0.3 is 20.3 Å². The number of benzene rings is 1. The molecule has 7 nitrogen and oxygen atoms in total. The van der Waals surface area contributed by atoms with Crippen molar-refractivity contribution in [2.75, 3.05) is 31.6 Å². The van der Waals surface area contributed by atoms with Crippen LogP contribution in [0, 0.1) is 12.7 Å². The van der Waals surface area contributed by atoms with Crippen molar-refractivity contribution >= 4 is 22.5 Å². The molecule has 1 unspecified atom stereocenters. The number of nitrogens with zero attached hydrogens (tertiary/aromatic N) is 3. The first-order valence-corrected chi connectivity index (χ1v) is 13.3. The molecule has 3 aliphatic rings. The molecular weight excluding hydrogens is 469 g/mol. The molecule has 2 saturated heterocycles. The Hall–Kier alpha value is -3.26. The van der Waals surface area contributed by atoms with Crippen LogP contribution in [0.5, 0.6) is 5.75 Å². The first kappa shape index (κ1) is 24.1. The zero-order valence-corrected chi connectivity index (χ0v) is 21.7. The topological polar surface area (TPSA) is 79.4 Å². The van der Waals surface area contributed by atoms with Gasteiger partial charge >= 0.3 is 0 Å². The second-order valence-electron chi connectivity index (χ2n) is 10.9. The molecule has 6 rings (SSSR count). The van der Waals surface area contributed by atoms with Crippen LogP contribution in [-0.2, 0) is 0 Å². The molecule has 1 aliphatic carbocycles. The molecule has 3 aromatic rings. The number of methoxy groups -OCH3 is 1. The van der Waals surface area contributed by atoms with E-state index >= 15 is 0 Å². The molecule has 8 heteroatoms. The van der Waals surface area contributed by atoms with Crippen molar-refractivity contribution in [1.29, 1.82) is 0 Å². The van der Waals surface area contributed by atoms with Crippen LogP contribution in [-0.4, -0.2) is 48.2 Å². The van der Waals surface area contributed by atoms with Gasteiger partial charge in [0.1, 0.15) is 0 Å². The number of rotatable bonds is 6. The SMILES string of the molecule is COc1cc([C@H](C)NC(=O)c2cnc3c(C4CC4)nc(C)cc3c2N2CCC3(CCCN3)C2)ccc1F. The standard InChI is InChI=1S/C29H34FN5O2/c1-17-13-21-26(25(33-17)19-5-6-19)31-15-22(27(21)35-12-10-29(16-35)9-4-11-32-29)28(36)34-18(2)20-7-8-23(30)24(14-20)37-3/h7-8,13-15,18-19,32H,4-6,9-12,16H2,1-3H3,(H,34,36)/t18-,29?/m0/s1. The maximum atomic E-state index is 14.0. The Balaban J connectivity index is 1.40. The van der Waals surface area contributed by atoms with E-state index in [9.17, 15) is 9.18 Å². The molecule has 1 amide bonds. The minimum Gasteiger partial charge on any atom is -0.494 e. The number of hydrogen-bond acceptors (Lipinski definition) is 6. The van der Waals surface area contributed by atoms with E-state index < -0.39 is 5.82 Å². The van der Waals surface area contributed by atoms with Gasteiger partial charge in [-0.1, -0.05) is 6.07 Å². The normalized spacial score (nSPS) is 22.1. The molecule has 0 bridgehead atoms. The lowest BCUT2D eigenvalue weighted by molar-refractivity contribution is 0.0940. The van der Waals surface area contributed by atoms with E-state index in [0.717, 1.165) is 78.9 Å². The van der Waals surface area contributed by atoms with Crippen LogP contribution in [0.1, 0.15) is 78.3 Å². The van der Waals surface area contributed by atoms with Crippen molar-refractivity contribution < 1.29 is 13.9 Å². The van der Waals surface area contributed by atoms with E-state index in [2.05, 4.69) is 21.6 Å². The van der Waals surface area contributed by atoms with Crippen LogP contribution in [0.15, 0.2) is 30.5 Å². The average molecular weight is 504 g/mol. The van der Waals surface area contributed by atoms with Crippen LogP contribution < -0.4 is 20.3 Å². The van der Waals surface area contributed by atoms with Crippen LogP contribution >= 0.6 is 0 Å². The summed E-state index contributed by atoms with van der Waals surface area (Å²) < 4.78 is 19.1. The number of aryl methyl sites for hydroxylation is 1. The second-order valence-corrected chi connectivity index (χ2v) is 10.9. The van der Waals surface area contributed by atoms with Crippen molar-refractivity contribution in [3.05, 3.63) is 58.8 Å². The van der Waals surface area contributed by atoms with Gasteiger partial charge in [0.25, 0.3) is 5.91 Å². The number of nitrogens with one attached hydrogen (secondary N) is 2. The van der Waals surface area contributed by atoms with E-state index in [-0.39, 0.29) is 23.2 Å². The van der Waals surface area contributed by atoms with E-state index in [1.54, 1.807) is 18.3 Å². The first-order chi connectivity index (χ1) is 17.9. The van der Waals surface area contributed by atoms with Gasteiger partial charge in [-0.3, -0.25) is 14.8 Å². The Kier molecular flexibility index (Phi) is 6.02. The second kappa shape index (κ2) is 9.24. The third-order valence-electron chi connectivity index (χ3n) is 8.21. The zero-order valence-electron chi connectivity index (χ0n) is 21.7. The number of anilines is 1. The molecular formula is C29H34FN5O2. The highest BCUT2D eigenvalue weighted by molar-refractivity contribution is 6.08. The van der Waals surface area contributed by atoms with Crippen LogP contribution in [0.25, 0.3) is 10.9 Å². The lowest BCUT2D eigenvalue weighted by Crippen LogP contribution is -2.42. The third-order valence-corrected chi connectivity index (χ3v) is 8.21. The summed E-state index contributed by atoms with van der Waals surface area (Å²) >= 11 is 0. The van der Waals surface area contributed by atoms with Crippen molar-refractivity contribution in [3.63, 3.8) is 0 Å². The number of halogens is 1. The smallest absolute Gasteiger partial charge is 0.255 e. The molecule has 1 spiro atoms. The van der Waals surface area contributed by atoms with Crippen molar-refractivity contribution in [3.8, 4) is 5.75 Å². The van der Waals surface area contributed by atoms with Gasteiger partial charge in [-0.25, -0.2) is 4.39 Å². The van der Waals surface area contributed by atoms with Crippen molar-refractivity contribution in [2.45, 2.75) is 63.5 Å². The Morgan fingerprint density at radius 1 is 1.30 bits per heavy atom. The minimum atomic E-state index is -0.426. The lowest BCUT2D eigenvalue weighted by Gasteiger charge is -2.28. The number of ether oxygens (including phenoxy) is 1. The fourth-order valence-corrected chi connectivity index (χ4v) is 6.07. The highest BCUT2D eigenvalue weighted by atomic mass is 19.1. The number of aromatic nitrogens is 2. The average Bonchev–Trinajstić information content (AvgIpc) is 3.51. The van der Waals surface area contributed by atoms with E-state index in [4.69, 9.17) is 14.7 Å². The van der Waals surface area contributed by atoms with Crippen LogP contribution in [0.2, 0.25) is 0 Å². The maximum Gasteiger partial charge on any atom is 0.255 e. The largest absolute Gasteiger partial charge is 0.494 e. The highest BCUT2D eigenvalue weighted by Gasteiger charge is 2.42. The molecule has 2 aromatic heterocycles. The summed E-state index contributed by atoms with van der Waals surface area (Å²) in [6.07, 6.45) is 7.40. The molecule has 4 heterocycles. The van der Waals surface area contributed by atoms with Crippen molar-refractivity contribution in [1.82, 2.24) is 20.6 Å². The predicted octanol–water partition coefficient (Wildman–Crippen LogP) is 4.79. The summed E-state index contributed by atoms with van der Waals surface area (Å²) in [7, 11) is 1.44. The molecule has 1 saturated carbocycles. The molecule has 1 aromatic carbocycles. The van der Waals surface area contributed by atoms with Gasteiger partial charge in [-0.05, 0) is 76.3 Å². The summed E-state index contributed by atoms with van der Waals surface area (Å²) in [5.74, 6) is -0.00123. The van der Waals surface area contributed by atoms with Gasteiger partial charge in [0.2, 0.25) is 0 Å². The summed E-state index contributed by atoms with van der Waals surface area (Å²) in [4.78, 5) is 25.8. The Bertz CT molecular complexity index is 1370. The molecule has 2 aliphatic heterocycles. The van der Waals surface area contributed by atoms with Gasteiger partial charge in [0, 0.05) is 41.8 Å². The number of pyridine rings is 2. The van der Waals surface area contributed by atoms with Gasteiger partial charge in [-0.15, -0.1) is 0 Å². The molecule has 37 heavy (non-hydrogen) atoms.